The summed E-state index contributed by atoms with van der Waals surface area (Å²) in [6, 6.07) is 9.03. The maximum atomic E-state index is 13.8. The number of para-hydroxylation sites is 2. The van der Waals surface area contributed by atoms with E-state index in [1.807, 2.05) is 24.3 Å². The number of rotatable bonds is 4. The number of benzene rings is 1. The predicted molar refractivity (Wildman–Crippen MR) is 152 cm³/mol. The first kappa shape index (κ1) is 28.8. The number of anilines is 2. The SMILES string of the molecule is O=C1CN(C(=O)CN2CCCCCOc3ccccc3N(CC(=O)N3CCNC(=O)C3)c3cncc(c3)C2=O)CCN1. The van der Waals surface area contributed by atoms with E-state index in [9.17, 15) is 24.0 Å². The average Bonchev–Trinajstić information content (AvgIpc) is 3.00. The first-order valence-corrected chi connectivity index (χ1v) is 14.2. The lowest BCUT2D eigenvalue weighted by Crippen LogP contribution is -2.53. The molecule has 0 spiro atoms. The molecule has 4 heterocycles. The van der Waals surface area contributed by atoms with Crippen LogP contribution in [0.5, 0.6) is 5.75 Å². The largest absolute Gasteiger partial charge is 0.491 e. The number of nitrogens with zero attached hydrogens (tertiary/aromatic N) is 5. The van der Waals surface area contributed by atoms with Crippen LogP contribution in [0.1, 0.15) is 29.6 Å². The van der Waals surface area contributed by atoms with Crippen molar-refractivity contribution < 1.29 is 28.7 Å². The van der Waals surface area contributed by atoms with Crippen molar-refractivity contribution in [1.29, 1.82) is 0 Å². The van der Waals surface area contributed by atoms with E-state index in [1.54, 1.807) is 17.2 Å². The van der Waals surface area contributed by atoms with Gasteiger partial charge in [-0.2, -0.15) is 0 Å². The number of ether oxygens (including phenoxy) is 1. The summed E-state index contributed by atoms with van der Waals surface area (Å²) >= 11 is 0. The Balaban J connectivity index is 1.45. The number of carbonyl (C=O) groups is 5. The highest BCUT2D eigenvalue weighted by atomic mass is 16.5. The Morgan fingerprint density at radius 1 is 0.833 bits per heavy atom. The van der Waals surface area contributed by atoms with Crippen LogP contribution in [0.25, 0.3) is 0 Å². The highest BCUT2D eigenvalue weighted by Gasteiger charge is 2.28. The monoisotopic (exact) mass is 577 g/mol. The van der Waals surface area contributed by atoms with Gasteiger partial charge in [0.25, 0.3) is 5.91 Å². The first-order chi connectivity index (χ1) is 20.4. The minimum absolute atomic E-state index is 0.0245. The fourth-order valence-electron chi connectivity index (χ4n) is 5.21. The molecule has 1 aromatic carbocycles. The van der Waals surface area contributed by atoms with Gasteiger partial charge in [0.1, 0.15) is 18.8 Å². The third kappa shape index (κ3) is 6.96. The molecule has 0 unspecified atom stereocenters. The maximum absolute atomic E-state index is 13.8. The molecule has 2 aromatic rings. The van der Waals surface area contributed by atoms with Crippen LogP contribution >= 0.6 is 0 Å². The van der Waals surface area contributed by atoms with Crippen molar-refractivity contribution in [3.63, 3.8) is 0 Å². The molecule has 42 heavy (non-hydrogen) atoms. The van der Waals surface area contributed by atoms with Gasteiger partial charge in [0.2, 0.25) is 23.6 Å². The first-order valence-electron chi connectivity index (χ1n) is 14.2. The number of carbonyl (C=O) groups excluding carboxylic acids is 5. The Morgan fingerprint density at radius 3 is 2.24 bits per heavy atom. The van der Waals surface area contributed by atoms with Crippen LogP contribution in [0, 0.1) is 0 Å². The fraction of sp³-hybridized carbons (Fsp3) is 0.448. The molecule has 0 saturated carbocycles. The lowest BCUT2D eigenvalue weighted by Gasteiger charge is -2.32. The molecule has 13 heteroatoms. The van der Waals surface area contributed by atoms with Crippen molar-refractivity contribution in [2.75, 3.05) is 70.4 Å². The number of pyridine rings is 1. The van der Waals surface area contributed by atoms with Crippen LogP contribution in [0.3, 0.4) is 0 Å². The topological polar surface area (TPSA) is 144 Å². The highest BCUT2D eigenvalue weighted by Crippen LogP contribution is 2.34. The number of hydrogen-bond donors (Lipinski definition) is 2. The Hall–Kier alpha value is -4.68. The summed E-state index contributed by atoms with van der Waals surface area (Å²) < 4.78 is 6.15. The molecule has 0 atom stereocenters. The molecule has 2 bridgehead atoms. The Morgan fingerprint density at radius 2 is 1.52 bits per heavy atom. The highest BCUT2D eigenvalue weighted by molar-refractivity contribution is 5.98. The van der Waals surface area contributed by atoms with E-state index < -0.39 is 0 Å². The number of amides is 5. The second-order valence-corrected chi connectivity index (χ2v) is 10.5. The van der Waals surface area contributed by atoms with Gasteiger partial charge in [0.05, 0.1) is 42.8 Å². The van der Waals surface area contributed by atoms with E-state index in [4.69, 9.17) is 4.74 Å². The molecule has 5 rings (SSSR count). The molecular formula is C29H35N7O6. The van der Waals surface area contributed by atoms with E-state index in [-0.39, 0.29) is 61.3 Å². The van der Waals surface area contributed by atoms with E-state index in [2.05, 4.69) is 15.6 Å². The lowest BCUT2D eigenvalue weighted by molar-refractivity contribution is -0.138. The normalized spacial score (nSPS) is 18.3. The number of piperazine rings is 2. The Bertz CT molecular complexity index is 1350. The second kappa shape index (κ2) is 13.3. The summed E-state index contributed by atoms with van der Waals surface area (Å²) in [7, 11) is 0. The molecule has 0 radical (unpaired) electrons. The number of fused-ring (bicyclic) bond motifs is 3. The zero-order chi connectivity index (χ0) is 29.5. The Labute approximate surface area is 243 Å². The van der Waals surface area contributed by atoms with Crippen molar-refractivity contribution in [2.45, 2.75) is 19.3 Å². The van der Waals surface area contributed by atoms with Gasteiger partial charge in [-0.25, -0.2) is 0 Å². The molecule has 2 saturated heterocycles. The summed E-state index contributed by atoms with van der Waals surface area (Å²) in [6.45, 7) is 2.01. The summed E-state index contributed by atoms with van der Waals surface area (Å²) in [5.74, 6) is -0.755. The molecule has 13 nitrogen and oxygen atoms in total. The van der Waals surface area contributed by atoms with Crippen LogP contribution < -0.4 is 20.3 Å². The molecule has 3 aliphatic rings. The van der Waals surface area contributed by atoms with Gasteiger partial charge in [0, 0.05) is 38.9 Å². The summed E-state index contributed by atoms with van der Waals surface area (Å²) in [4.78, 5) is 74.6. The number of aromatic nitrogens is 1. The van der Waals surface area contributed by atoms with Crippen molar-refractivity contribution >= 4 is 40.9 Å². The summed E-state index contributed by atoms with van der Waals surface area (Å²) in [6.07, 6.45) is 5.18. The van der Waals surface area contributed by atoms with Gasteiger partial charge in [-0.3, -0.25) is 29.0 Å². The zero-order valence-corrected chi connectivity index (χ0v) is 23.4. The van der Waals surface area contributed by atoms with Gasteiger partial charge in [-0.15, -0.1) is 0 Å². The fourth-order valence-corrected chi connectivity index (χ4v) is 5.21. The molecule has 0 aliphatic carbocycles. The quantitative estimate of drug-likeness (QED) is 0.522. The third-order valence-corrected chi connectivity index (χ3v) is 7.46. The number of hydrogen-bond acceptors (Lipinski definition) is 8. The molecule has 2 N–H and O–H groups in total. The maximum Gasteiger partial charge on any atom is 0.255 e. The van der Waals surface area contributed by atoms with Gasteiger partial charge in [0.15, 0.2) is 0 Å². The Kier molecular flexibility index (Phi) is 9.15. The predicted octanol–water partition coefficient (Wildman–Crippen LogP) is 0.141. The standard InChI is InChI=1S/C29H35N7O6/c37-25-17-33(11-8-31-25)27(39)19-35-10-4-1-5-13-42-24-7-3-2-6-23(24)36(22-14-21(29(35)41)15-30-16-22)20-28(40)34-12-9-32-26(38)18-34/h2-3,6-7,14-16H,1,4-5,8-13,17-20H2,(H,31,37)(H,32,38). The van der Waals surface area contributed by atoms with Crippen LogP contribution in [-0.4, -0.2) is 115 Å². The molecule has 222 valence electrons. The molecule has 2 fully saturated rings. The lowest BCUT2D eigenvalue weighted by atomic mass is 10.1. The van der Waals surface area contributed by atoms with Crippen molar-refractivity contribution in [3.8, 4) is 5.75 Å². The minimum Gasteiger partial charge on any atom is -0.491 e. The van der Waals surface area contributed by atoms with Gasteiger partial charge in [-0.05, 0) is 37.5 Å². The van der Waals surface area contributed by atoms with Crippen molar-refractivity contribution in [2.24, 2.45) is 0 Å². The van der Waals surface area contributed by atoms with E-state index in [0.29, 0.717) is 62.9 Å². The molecule has 5 amide bonds. The zero-order valence-electron chi connectivity index (χ0n) is 23.4. The van der Waals surface area contributed by atoms with Crippen LogP contribution in [0.2, 0.25) is 0 Å². The molecule has 3 aliphatic heterocycles. The summed E-state index contributed by atoms with van der Waals surface area (Å²) in [5.41, 5.74) is 1.39. The number of nitrogens with one attached hydrogen (secondary N) is 2. The van der Waals surface area contributed by atoms with Gasteiger partial charge >= 0.3 is 0 Å². The molecular weight excluding hydrogens is 542 g/mol. The van der Waals surface area contributed by atoms with Crippen LogP contribution in [-0.2, 0) is 19.2 Å². The van der Waals surface area contributed by atoms with Gasteiger partial charge in [-0.1, -0.05) is 12.1 Å². The third-order valence-electron chi connectivity index (χ3n) is 7.46. The van der Waals surface area contributed by atoms with E-state index in [1.165, 1.54) is 20.9 Å². The van der Waals surface area contributed by atoms with E-state index >= 15 is 0 Å². The van der Waals surface area contributed by atoms with Crippen LogP contribution in [0.15, 0.2) is 42.7 Å². The van der Waals surface area contributed by atoms with Crippen molar-refractivity contribution in [1.82, 2.24) is 30.3 Å². The average molecular weight is 578 g/mol. The second-order valence-electron chi connectivity index (χ2n) is 10.5. The smallest absolute Gasteiger partial charge is 0.255 e. The van der Waals surface area contributed by atoms with E-state index in [0.717, 1.165) is 12.8 Å². The van der Waals surface area contributed by atoms with Crippen LogP contribution in [0.4, 0.5) is 11.4 Å². The summed E-state index contributed by atoms with van der Waals surface area (Å²) in [5, 5.41) is 5.43. The minimum atomic E-state index is -0.361. The molecule has 1 aromatic heterocycles. The van der Waals surface area contributed by atoms with Crippen molar-refractivity contribution in [3.05, 3.63) is 48.3 Å². The van der Waals surface area contributed by atoms with Gasteiger partial charge < -0.3 is 35.0 Å².